The van der Waals surface area contributed by atoms with E-state index in [9.17, 15) is 4.79 Å². The van der Waals surface area contributed by atoms with Crippen LogP contribution in [0.5, 0.6) is 5.75 Å². The van der Waals surface area contributed by atoms with Crippen molar-refractivity contribution in [3.63, 3.8) is 0 Å². The highest BCUT2D eigenvalue weighted by Gasteiger charge is 2.20. The fraction of sp³-hybridized carbons (Fsp3) is 0.250. The number of ether oxygens (including phenoxy) is 1. The van der Waals surface area contributed by atoms with Crippen molar-refractivity contribution in [3.05, 3.63) is 64.4 Å². The number of hydrogen-bond donors (Lipinski definition) is 1. The lowest BCUT2D eigenvalue weighted by molar-refractivity contribution is 0.0913. The number of fused-ring (bicyclic) bond motifs is 1. The fourth-order valence-corrected chi connectivity index (χ4v) is 3.00. The van der Waals surface area contributed by atoms with E-state index < -0.39 is 0 Å². The van der Waals surface area contributed by atoms with E-state index in [1.807, 2.05) is 57.2 Å². The number of nitrogens with one attached hydrogen (secondary N) is 1. The molecule has 0 bridgehead atoms. The molecule has 0 aliphatic rings. The number of halogens is 1. The molecule has 0 saturated carbocycles. The minimum absolute atomic E-state index is 0.161. The Balaban J connectivity index is 1.80. The van der Waals surface area contributed by atoms with Gasteiger partial charge in [-0.25, -0.2) is 0 Å². The third-order valence-electron chi connectivity index (χ3n) is 4.16. The molecular formula is C20H20ClNO3. The lowest BCUT2D eigenvalue weighted by atomic mass is 10.1. The summed E-state index contributed by atoms with van der Waals surface area (Å²) in [6, 6.07) is 13.0. The molecule has 1 atom stereocenters. The van der Waals surface area contributed by atoms with Crippen molar-refractivity contribution in [1.29, 1.82) is 0 Å². The lowest BCUT2D eigenvalue weighted by Crippen LogP contribution is -2.26. The molecule has 2 aromatic carbocycles. The van der Waals surface area contributed by atoms with E-state index in [0.29, 0.717) is 23.0 Å². The van der Waals surface area contributed by atoms with Crippen LogP contribution < -0.4 is 10.1 Å². The van der Waals surface area contributed by atoms with Crippen LogP contribution in [0.2, 0.25) is 5.02 Å². The van der Waals surface area contributed by atoms with E-state index in [1.54, 1.807) is 6.07 Å². The zero-order valence-electron chi connectivity index (χ0n) is 14.4. The van der Waals surface area contributed by atoms with E-state index >= 15 is 0 Å². The topological polar surface area (TPSA) is 51.5 Å². The number of benzene rings is 2. The highest BCUT2D eigenvalue weighted by Crippen LogP contribution is 2.31. The maximum atomic E-state index is 12.6. The molecule has 3 rings (SSSR count). The van der Waals surface area contributed by atoms with Crippen molar-refractivity contribution in [2.24, 2.45) is 0 Å². The molecule has 0 saturated heterocycles. The first-order valence-electron chi connectivity index (χ1n) is 8.22. The second kappa shape index (κ2) is 7.19. The second-order valence-corrected chi connectivity index (χ2v) is 6.28. The van der Waals surface area contributed by atoms with Crippen LogP contribution in [0.3, 0.4) is 0 Å². The van der Waals surface area contributed by atoms with Crippen LogP contribution in [0.25, 0.3) is 11.0 Å². The van der Waals surface area contributed by atoms with E-state index in [0.717, 1.165) is 22.3 Å². The monoisotopic (exact) mass is 357 g/mol. The minimum atomic E-state index is -0.258. The van der Waals surface area contributed by atoms with E-state index in [-0.39, 0.29) is 11.9 Å². The first-order valence-corrected chi connectivity index (χ1v) is 8.60. The van der Waals surface area contributed by atoms with Crippen LogP contribution >= 0.6 is 11.6 Å². The summed E-state index contributed by atoms with van der Waals surface area (Å²) < 4.78 is 11.2. The van der Waals surface area contributed by atoms with Crippen molar-refractivity contribution < 1.29 is 13.9 Å². The molecule has 4 nitrogen and oxygen atoms in total. The number of para-hydroxylation sites is 1. The Hall–Kier alpha value is -2.46. The van der Waals surface area contributed by atoms with Crippen LogP contribution in [0.1, 0.15) is 41.6 Å². The van der Waals surface area contributed by atoms with Gasteiger partial charge in [-0.05, 0) is 44.5 Å². The molecular weight excluding hydrogens is 338 g/mol. The van der Waals surface area contributed by atoms with Crippen LogP contribution in [0.4, 0.5) is 0 Å². The Morgan fingerprint density at radius 1 is 1.24 bits per heavy atom. The van der Waals surface area contributed by atoms with Crippen LogP contribution in [0.15, 0.2) is 46.9 Å². The summed E-state index contributed by atoms with van der Waals surface area (Å²) >= 11 is 6.15. The number of furan rings is 1. The standard InChI is InChI=1S/C20H20ClNO3/c1-4-24-15-10-8-14(9-11-15)13(3)22-20(23)18-12(2)16-6-5-7-17(21)19(16)25-18/h5-11,13H,4H2,1-3H3,(H,22,23). The Morgan fingerprint density at radius 2 is 1.96 bits per heavy atom. The van der Waals surface area contributed by atoms with Gasteiger partial charge in [-0.15, -0.1) is 0 Å². The van der Waals surface area contributed by atoms with Gasteiger partial charge in [0, 0.05) is 10.9 Å². The van der Waals surface area contributed by atoms with E-state index in [4.69, 9.17) is 20.8 Å². The molecule has 25 heavy (non-hydrogen) atoms. The average Bonchev–Trinajstić information content (AvgIpc) is 2.94. The van der Waals surface area contributed by atoms with Gasteiger partial charge in [-0.2, -0.15) is 0 Å². The molecule has 0 spiro atoms. The molecule has 1 unspecified atom stereocenters. The summed E-state index contributed by atoms with van der Waals surface area (Å²) in [6.45, 7) is 6.36. The molecule has 0 radical (unpaired) electrons. The summed E-state index contributed by atoms with van der Waals surface area (Å²) in [7, 11) is 0. The van der Waals surface area contributed by atoms with Gasteiger partial charge < -0.3 is 14.5 Å². The van der Waals surface area contributed by atoms with Crippen LogP contribution in [0, 0.1) is 6.92 Å². The molecule has 3 aromatic rings. The lowest BCUT2D eigenvalue weighted by Gasteiger charge is -2.14. The summed E-state index contributed by atoms with van der Waals surface area (Å²) in [5, 5.41) is 4.32. The van der Waals surface area contributed by atoms with Gasteiger partial charge in [0.05, 0.1) is 17.7 Å². The molecule has 1 amide bonds. The average molecular weight is 358 g/mol. The molecule has 1 heterocycles. The smallest absolute Gasteiger partial charge is 0.287 e. The van der Waals surface area contributed by atoms with Gasteiger partial charge in [0.1, 0.15) is 5.75 Å². The highest BCUT2D eigenvalue weighted by atomic mass is 35.5. The second-order valence-electron chi connectivity index (χ2n) is 5.87. The van der Waals surface area contributed by atoms with Gasteiger partial charge in [0.2, 0.25) is 0 Å². The zero-order chi connectivity index (χ0) is 18.0. The highest BCUT2D eigenvalue weighted by molar-refractivity contribution is 6.35. The Bertz CT molecular complexity index is 899. The summed E-state index contributed by atoms with van der Waals surface area (Å²) in [5.74, 6) is 0.847. The van der Waals surface area contributed by atoms with Crippen molar-refractivity contribution in [3.8, 4) is 5.75 Å². The molecule has 0 fully saturated rings. The maximum Gasteiger partial charge on any atom is 0.287 e. The number of carbonyl (C=O) groups excluding carboxylic acids is 1. The largest absolute Gasteiger partial charge is 0.494 e. The van der Waals surface area contributed by atoms with Crippen LogP contribution in [-0.2, 0) is 0 Å². The number of aryl methyl sites for hydroxylation is 1. The Labute approximate surface area is 151 Å². The molecule has 0 aliphatic heterocycles. The third-order valence-corrected chi connectivity index (χ3v) is 4.46. The minimum Gasteiger partial charge on any atom is -0.494 e. The molecule has 130 valence electrons. The van der Waals surface area contributed by atoms with E-state index in [1.165, 1.54) is 0 Å². The van der Waals surface area contributed by atoms with Crippen LogP contribution in [-0.4, -0.2) is 12.5 Å². The Kier molecular flexibility index (Phi) is 5.00. The van der Waals surface area contributed by atoms with Crippen molar-refractivity contribution in [1.82, 2.24) is 5.32 Å². The first kappa shape index (κ1) is 17.4. The predicted octanol–water partition coefficient (Wildman–Crippen LogP) is 5.28. The SMILES string of the molecule is CCOc1ccc(C(C)NC(=O)c2oc3c(Cl)cccc3c2C)cc1. The maximum absolute atomic E-state index is 12.6. The normalized spacial score (nSPS) is 12.2. The number of rotatable bonds is 5. The number of carbonyl (C=O) groups is 1. The fourth-order valence-electron chi connectivity index (χ4n) is 2.79. The summed E-state index contributed by atoms with van der Waals surface area (Å²) in [6.07, 6.45) is 0. The summed E-state index contributed by atoms with van der Waals surface area (Å²) in [4.78, 5) is 12.6. The van der Waals surface area contributed by atoms with E-state index in [2.05, 4.69) is 5.32 Å². The first-order chi connectivity index (χ1) is 12.0. The van der Waals surface area contributed by atoms with Gasteiger partial charge in [-0.3, -0.25) is 4.79 Å². The van der Waals surface area contributed by atoms with Gasteiger partial charge in [-0.1, -0.05) is 35.9 Å². The van der Waals surface area contributed by atoms with Gasteiger partial charge in [0.25, 0.3) is 5.91 Å². The third kappa shape index (κ3) is 3.49. The number of hydrogen-bond acceptors (Lipinski definition) is 3. The van der Waals surface area contributed by atoms with Crippen molar-refractivity contribution in [2.45, 2.75) is 26.8 Å². The quantitative estimate of drug-likeness (QED) is 0.675. The predicted molar refractivity (Wildman–Crippen MR) is 99.5 cm³/mol. The Morgan fingerprint density at radius 3 is 2.60 bits per heavy atom. The van der Waals surface area contributed by atoms with Gasteiger partial charge in [0.15, 0.2) is 11.3 Å². The van der Waals surface area contributed by atoms with Gasteiger partial charge >= 0.3 is 0 Å². The summed E-state index contributed by atoms with van der Waals surface area (Å²) in [5.41, 5.74) is 2.32. The number of amides is 1. The molecule has 5 heteroatoms. The zero-order valence-corrected chi connectivity index (χ0v) is 15.2. The molecule has 1 N–H and O–H groups in total. The molecule has 0 aliphatic carbocycles. The van der Waals surface area contributed by atoms with Crippen molar-refractivity contribution in [2.75, 3.05) is 6.61 Å². The molecule has 1 aromatic heterocycles. The van der Waals surface area contributed by atoms with Crippen molar-refractivity contribution >= 4 is 28.5 Å².